The van der Waals surface area contributed by atoms with Crippen LogP contribution >= 0.6 is 22.9 Å². The van der Waals surface area contributed by atoms with Crippen molar-refractivity contribution in [3.63, 3.8) is 0 Å². The molecule has 7 heteroatoms. The number of esters is 1. The Kier molecular flexibility index (Phi) is 5.96. The Morgan fingerprint density at radius 3 is 2.67 bits per heavy atom. The van der Waals surface area contributed by atoms with E-state index < -0.39 is 23.8 Å². The van der Waals surface area contributed by atoms with Gasteiger partial charge in [0.15, 0.2) is 6.10 Å². The van der Waals surface area contributed by atoms with Gasteiger partial charge in [-0.1, -0.05) is 18.5 Å². The summed E-state index contributed by atoms with van der Waals surface area (Å²) in [5, 5.41) is 2.58. The van der Waals surface area contributed by atoms with Gasteiger partial charge in [-0.25, -0.2) is 9.18 Å². The van der Waals surface area contributed by atoms with Gasteiger partial charge in [0.25, 0.3) is 5.91 Å². The van der Waals surface area contributed by atoms with E-state index in [4.69, 9.17) is 16.3 Å². The van der Waals surface area contributed by atoms with Crippen LogP contribution in [0.3, 0.4) is 0 Å². The number of ether oxygens (including phenoxy) is 1. The predicted molar refractivity (Wildman–Crippen MR) is 93.4 cm³/mol. The van der Waals surface area contributed by atoms with Crippen LogP contribution in [-0.4, -0.2) is 18.0 Å². The van der Waals surface area contributed by atoms with Gasteiger partial charge in [0.1, 0.15) is 10.7 Å². The monoisotopic (exact) mass is 369 g/mol. The fourth-order valence-corrected chi connectivity index (χ4v) is 3.28. The molecule has 0 bridgehead atoms. The molecule has 2 rings (SSSR count). The molecule has 1 N–H and O–H groups in total. The average Bonchev–Trinajstić information content (AvgIpc) is 2.91. The molecule has 0 aliphatic rings. The Balaban J connectivity index is 2.01. The van der Waals surface area contributed by atoms with Crippen molar-refractivity contribution in [1.29, 1.82) is 0 Å². The fourth-order valence-electron chi connectivity index (χ4n) is 2.07. The van der Waals surface area contributed by atoms with E-state index in [1.54, 1.807) is 6.07 Å². The van der Waals surface area contributed by atoms with Gasteiger partial charge in [-0.2, -0.15) is 0 Å². The Morgan fingerprint density at radius 2 is 2.08 bits per heavy atom. The third-order valence-electron chi connectivity index (χ3n) is 3.44. The maximum absolute atomic E-state index is 13.0. The highest BCUT2D eigenvalue weighted by atomic mass is 35.5. The molecule has 0 aliphatic carbocycles. The zero-order chi connectivity index (χ0) is 17.9. The molecule has 0 unspecified atom stereocenters. The number of amides is 1. The van der Waals surface area contributed by atoms with Gasteiger partial charge in [0.2, 0.25) is 0 Å². The number of rotatable bonds is 5. The molecule has 0 radical (unpaired) electrons. The Morgan fingerprint density at radius 1 is 1.38 bits per heavy atom. The minimum absolute atomic E-state index is 0.0725. The van der Waals surface area contributed by atoms with Crippen LogP contribution in [0, 0.1) is 12.7 Å². The second kappa shape index (κ2) is 7.77. The van der Waals surface area contributed by atoms with Crippen LogP contribution in [0.4, 0.5) is 10.1 Å². The van der Waals surface area contributed by atoms with E-state index >= 15 is 0 Å². The Hall–Kier alpha value is -1.92. The Bertz CT molecular complexity index is 775. The van der Waals surface area contributed by atoms with Gasteiger partial charge in [-0.3, -0.25) is 4.79 Å². The molecule has 24 heavy (non-hydrogen) atoms. The molecular weight excluding hydrogens is 353 g/mol. The number of anilines is 1. The van der Waals surface area contributed by atoms with Crippen molar-refractivity contribution in [2.75, 3.05) is 5.32 Å². The smallest absolute Gasteiger partial charge is 0.349 e. The van der Waals surface area contributed by atoms with Gasteiger partial charge < -0.3 is 10.1 Å². The summed E-state index contributed by atoms with van der Waals surface area (Å²) in [6.07, 6.45) is -0.180. The lowest BCUT2D eigenvalue weighted by atomic mass is 10.2. The third kappa shape index (κ3) is 4.33. The quantitative estimate of drug-likeness (QED) is 0.784. The van der Waals surface area contributed by atoms with Crippen molar-refractivity contribution >= 4 is 40.5 Å². The molecule has 1 atom stereocenters. The Labute approximate surface area is 148 Å². The molecule has 1 aromatic carbocycles. The lowest BCUT2D eigenvalue weighted by molar-refractivity contribution is -0.123. The van der Waals surface area contributed by atoms with E-state index in [-0.39, 0.29) is 10.7 Å². The van der Waals surface area contributed by atoms with Crippen molar-refractivity contribution in [2.45, 2.75) is 33.3 Å². The van der Waals surface area contributed by atoms with Crippen molar-refractivity contribution in [2.24, 2.45) is 0 Å². The normalized spacial score (nSPS) is 11.9. The van der Waals surface area contributed by atoms with Gasteiger partial charge >= 0.3 is 5.97 Å². The zero-order valence-electron chi connectivity index (χ0n) is 13.5. The van der Waals surface area contributed by atoms with Crippen LogP contribution in [0.5, 0.6) is 0 Å². The first-order chi connectivity index (χ1) is 11.3. The molecule has 1 aromatic heterocycles. The number of nitrogens with one attached hydrogen (secondary N) is 1. The van der Waals surface area contributed by atoms with Crippen molar-refractivity contribution < 1.29 is 18.7 Å². The summed E-state index contributed by atoms with van der Waals surface area (Å²) in [5.41, 5.74) is 1.34. The summed E-state index contributed by atoms with van der Waals surface area (Å²) in [6, 6.07) is 5.40. The highest BCUT2D eigenvalue weighted by molar-refractivity contribution is 7.14. The molecule has 0 saturated heterocycles. The summed E-state index contributed by atoms with van der Waals surface area (Å²) in [5.74, 6) is -1.59. The molecule has 0 aliphatic heterocycles. The molecular formula is C17H17ClFNO3S. The molecule has 1 heterocycles. The van der Waals surface area contributed by atoms with E-state index in [0.29, 0.717) is 4.88 Å². The average molecular weight is 370 g/mol. The van der Waals surface area contributed by atoms with Gasteiger partial charge in [0.05, 0.1) is 10.7 Å². The number of carbonyl (C=O) groups is 2. The molecule has 0 saturated carbocycles. The van der Waals surface area contributed by atoms with E-state index in [2.05, 4.69) is 5.32 Å². The number of halogens is 2. The molecule has 0 fully saturated rings. The van der Waals surface area contributed by atoms with E-state index in [0.717, 1.165) is 22.9 Å². The first-order valence-corrected chi connectivity index (χ1v) is 8.57. The van der Waals surface area contributed by atoms with Gasteiger partial charge in [-0.15, -0.1) is 11.3 Å². The van der Waals surface area contributed by atoms with Crippen molar-refractivity contribution in [1.82, 2.24) is 0 Å². The minimum atomic E-state index is -1.01. The number of thiophene rings is 1. The summed E-state index contributed by atoms with van der Waals surface area (Å²) in [7, 11) is 0. The van der Waals surface area contributed by atoms with E-state index in [1.807, 2.05) is 13.8 Å². The summed E-state index contributed by atoms with van der Waals surface area (Å²) in [6.45, 7) is 5.41. The summed E-state index contributed by atoms with van der Waals surface area (Å²) < 4.78 is 18.2. The van der Waals surface area contributed by atoms with Crippen molar-refractivity contribution in [3.8, 4) is 0 Å². The lowest BCUT2D eigenvalue weighted by Gasteiger charge is -2.13. The number of aryl methyl sites for hydroxylation is 2. The standard InChI is InChI=1S/C17H17ClFNO3S/c1-4-11-7-15(24-10(11)3)17(22)23-9(2)16(21)20-14-6-5-12(19)8-13(14)18/h5-9H,4H2,1-3H3,(H,20,21)/t9-/m0/s1. The predicted octanol–water partition coefficient (Wildman–Crippen LogP) is 4.60. The highest BCUT2D eigenvalue weighted by Gasteiger charge is 2.21. The number of hydrogen-bond donors (Lipinski definition) is 1. The van der Waals surface area contributed by atoms with Gasteiger partial charge in [0, 0.05) is 4.88 Å². The highest BCUT2D eigenvalue weighted by Crippen LogP contribution is 2.24. The van der Waals surface area contributed by atoms with Crippen LogP contribution < -0.4 is 5.32 Å². The van der Waals surface area contributed by atoms with Crippen LogP contribution in [0.2, 0.25) is 5.02 Å². The van der Waals surface area contributed by atoms with E-state index in [9.17, 15) is 14.0 Å². The van der Waals surface area contributed by atoms with E-state index in [1.165, 1.54) is 30.4 Å². The van der Waals surface area contributed by atoms with Crippen LogP contribution in [0.15, 0.2) is 24.3 Å². The number of carbonyl (C=O) groups excluding carboxylic acids is 2. The first-order valence-electron chi connectivity index (χ1n) is 7.38. The maximum atomic E-state index is 13.0. The zero-order valence-corrected chi connectivity index (χ0v) is 15.1. The fraction of sp³-hybridized carbons (Fsp3) is 0.294. The minimum Gasteiger partial charge on any atom is -0.448 e. The second-order valence-corrected chi connectivity index (χ2v) is 6.87. The van der Waals surface area contributed by atoms with Crippen LogP contribution in [0.25, 0.3) is 0 Å². The number of benzene rings is 1. The summed E-state index contributed by atoms with van der Waals surface area (Å²) >= 11 is 7.19. The maximum Gasteiger partial charge on any atom is 0.349 e. The first kappa shape index (κ1) is 18.4. The molecule has 128 valence electrons. The van der Waals surface area contributed by atoms with Gasteiger partial charge in [-0.05, 0) is 50.1 Å². The SMILES string of the molecule is CCc1cc(C(=O)O[C@@H](C)C(=O)Nc2ccc(F)cc2Cl)sc1C. The van der Waals surface area contributed by atoms with Crippen molar-refractivity contribution in [3.05, 3.63) is 50.4 Å². The summed E-state index contributed by atoms with van der Waals surface area (Å²) in [4.78, 5) is 25.8. The lowest BCUT2D eigenvalue weighted by Crippen LogP contribution is -2.29. The number of hydrogen-bond acceptors (Lipinski definition) is 4. The molecule has 2 aromatic rings. The molecule has 4 nitrogen and oxygen atoms in total. The molecule has 0 spiro atoms. The largest absolute Gasteiger partial charge is 0.448 e. The van der Waals surface area contributed by atoms with Crippen LogP contribution in [-0.2, 0) is 16.0 Å². The topological polar surface area (TPSA) is 55.4 Å². The third-order valence-corrected chi connectivity index (χ3v) is 4.83. The van der Waals surface area contributed by atoms with Crippen LogP contribution in [0.1, 0.15) is 34.0 Å². The second-order valence-electron chi connectivity index (χ2n) is 5.21. The molecule has 1 amide bonds.